The summed E-state index contributed by atoms with van der Waals surface area (Å²) < 4.78 is 54.3. The van der Waals surface area contributed by atoms with Crippen molar-refractivity contribution in [3.05, 3.63) is 130 Å². The first kappa shape index (κ1) is 60.5. The molecule has 404 valence electrons. The molecule has 0 bridgehead atoms. The van der Waals surface area contributed by atoms with Crippen LogP contribution in [0.25, 0.3) is 10.4 Å². The molecule has 1 fully saturated rings. The van der Waals surface area contributed by atoms with Gasteiger partial charge in [0, 0.05) is 4.91 Å². The minimum absolute atomic E-state index is 0.121. The standard InChI is InChI=1S/C57H77N3O14/c1-8-9-10-11-12-13-14-15-16-17-18-19-29-36-45(69-52(63)41-30-23-20-24-31-41)44(59-60-58)37-68-55-51(72-54(65)43-34-27-22-28-35-43)50(71-53(64)42-32-25-21-26-33-42)49(67-40-48(62)74-57(5,6)7)46(70-55)38-66-39-47(61)73-56(2,3)4/h20-36,44-46,49-51,55H,8-19,37-40H2,1-7H3/b36-29+/t44-,45+,46+,49-,50-,51+,55-/m0/s1. The van der Waals surface area contributed by atoms with E-state index in [1.807, 2.05) is 6.08 Å². The molecule has 74 heavy (non-hydrogen) atoms. The molecule has 0 unspecified atom stereocenters. The van der Waals surface area contributed by atoms with E-state index in [2.05, 4.69) is 16.9 Å². The van der Waals surface area contributed by atoms with Crippen LogP contribution in [0, 0.1) is 0 Å². The first-order valence-corrected chi connectivity index (χ1v) is 25.9. The number of benzene rings is 3. The van der Waals surface area contributed by atoms with Crippen LogP contribution in [0.2, 0.25) is 0 Å². The maximum atomic E-state index is 14.1. The molecule has 1 aliphatic heterocycles. The van der Waals surface area contributed by atoms with Gasteiger partial charge in [0.15, 0.2) is 18.5 Å². The van der Waals surface area contributed by atoms with E-state index in [0.717, 1.165) is 25.7 Å². The first-order valence-electron chi connectivity index (χ1n) is 25.9. The summed E-state index contributed by atoms with van der Waals surface area (Å²) in [7, 11) is 0. The van der Waals surface area contributed by atoms with E-state index in [1.165, 1.54) is 69.2 Å². The summed E-state index contributed by atoms with van der Waals surface area (Å²) in [6.07, 6.45) is 8.34. The van der Waals surface area contributed by atoms with Crippen LogP contribution < -0.4 is 0 Å². The highest BCUT2D eigenvalue weighted by Gasteiger charge is 2.52. The zero-order valence-electron chi connectivity index (χ0n) is 44.2. The van der Waals surface area contributed by atoms with Crippen LogP contribution in [0.4, 0.5) is 0 Å². The fourth-order valence-electron chi connectivity index (χ4n) is 7.93. The van der Waals surface area contributed by atoms with Crippen LogP contribution in [-0.4, -0.2) is 110 Å². The summed E-state index contributed by atoms with van der Waals surface area (Å²) in [6.45, 7) is 10.2. The highest BCUT2D eigenvalue weighted by Crippen LogP contribution is 2.32. The Bertz CT molecular complexity index is 2220. The fourth-order valence-corrected chi connectivity index (χ4v) is 7.93. The number of hydrogen-bond acceptors (Lipinski definition) is 15. The van der Waals surface area contributed by atoms with E-state index in [-0.39, 0.29) is 16.7 Å². The monoisotopic (exact) mass is 1030 g/mol. The molecule has 0 N–H and O–H groups in total. The lowest BCUT2D eigenvalue weighted by Crippen LogP contribution is -2.63. The Kier molecular flexibility index (Phi) is 26.4. The molecule has 0 aromatic heterocycles. The molecule has 1 saturated heterocycles. The van der Waals surface area contributed by atoms with Crippen molar-refractivity contribution in [1.29, 1.82) is 0 Å². The predicted octanol–water partition coefficient (Wildman–Crippen LogP) is 11.4. The largest absolute Gasteiger partial charge is 0.458 e. The SMILES string of the molecule is CCCCCCCCCCCCC/C=C/[C@@H](OC(=O)c1ccccc1)[C@H](CO[C@H]1O[C@H](COCC(=O)OC(C)(C)C)[C@H](OCC(=O)OC(C)(C)C)[C@H](OC(=O)c2ccccc2)[C@H]1OC(=O)c1ccccc1)N=[N+]=[N-]. The Balaban J connectivity index is 1.70. The molecule has 0 radical (unpaired) electrons. The van der Waals surface area contributed by atoms with Crippen LogP contribution in [0.3, 0.4) is 0 Å². The van der Waals surface area contributed by atoms with Crippen LogP contribution in [0.15, 0.2) is 108 Å². The maximum absolute atomic E-state index is 14.1. The summed E-state index contributed by atoms with van der Waals surface area (Å²) >= 11 is 0. The van der Waals surface area contributed by atoms with Gasteiger partial charge < -0.3 is 42.6 Å². The van der Waals surface area contributed by atoms with Gasteiger partial charge in [0.1, 0.15) is 48.8 Å². The first-order chi connectivity index (χ1) is 35.5. The lowest BCUT2D eigenvalue weighted by Gasteiger charge is -2.45. The third-order valence-corrected chi connectivity index (χ3v) is 11.4. The van der Waals surface area contributed by atoms with Crippen molar-refractivity contribution in [2.75, 3.05) is 26.4 Å². The van der Waals surface area contributed by atoms with Crippen molar-refractivity contribution >= 4 is 29.8 Å². The number of azide groups is 1. The molecule has 3 aromatic rings. The third-order valence-electron chi connectivity index (χ3n) is 11.4. The van der Waals surface area contributed by atoms with Crippen LogP contribution in [-0.2, 0) is 52.2 Å². The van der Waals surface area contributed by atoms with E-state index < -0.39 is 110 Å². The zero-order chi connectivity index (χ0) is 53.8. The van der Waals surface area contributed by atoms with Gasteiger partial charge in [-0.05, 0) is 102 Å². The summed E-state index contributed by atoms with van der Waals surface area (Å²) in [5, 5.41) is 4.01. The Morgan fingerprint density at radius 1 is 0.622 bits per heavy atom. The predicted molar refractivity (Wildman–Crippen MR) is 277 cm³/mol. The highest BCUT2D eigenvalue weighted by atomic mass is 16.7. The Morgan fingerprint density at radius 3 is 1.59 bits per heavy atom. The minimum Gasteiger partial charge on any atom is -0.458 e. The minimum atomic E-state index is -1.66. The molecule has 1 aliphatic rings. The molecule has 0 aliphatic carbocycles. The number of allylic oxidation sites excluding steroid dienone is 1. The number of ether oxygens (including phenoxy) is 9. The van der Waals surface area contributed by atoms with Gasteiger partial charge in [-0.2, -0.15) is 0 Å². The molecule has 0 saturated carbocycles. The second kappa shape index (κ2) is 32.3. The summed E-state index contributed by atoms with van der Waals surface area (Å²) in [4.78, 5) is 70.8. The van der Waals surface area contributed by atoms with Crippen molar-refractivity contribution in [2.45, 2.75) is 180 Å². The molecule has 1 heterocycles. The van der Waals surface area contributed by atoms with E-state index in [0.29, 0.717) is 6.42 Å². The average molecular weight is 1030 g/mol. The van der Waals surface area contributed by atoms with Gasteiger partial charge in [-0.1, -0.05) is 137 Å². The second-order valence-electron chi connectivity index (χ2n) is 20.1. The van der Waals surface area contributed by atoms with Crippen LogP contribution >= 0.6 is 0 Å². The zero-order valence-corrected chi connectivity index (χ0v) is 44.2. The van der Waals surface area contributed by atoms with Crippen LogP contribution in [0.1, 0.15) is 157 Å². The Labute approximate surface area is 436 Å². The van der Waals surface area contributed by atoms with E-state index in [4.69, 9.17) is 42.6 Å². The number of unbranched alkanes of at least 4 members (excludes halogenated alkanes) is 11. The van der Waals surface area contributed by atoms with E-state index in [1.54, 1.807) is 114 Å². The molecular formula is C57H77N3O14. The molecule has 17 heteroatoms. The number of hydrogen-bond donors (Lipinski definition) is 0. The van der Waals surface area contributed by atoms with E-state index in [9.17, 15) is 29.5 Å². The number of carbonyl (C=O) groups excluding carboxylic acids is 5. The number of rotatable bonds is 31. The Hall–Kier alpha value is -6.10. The molecule has 0 amide bonds. The number of esters is 5. The third kappa shape index (κ3) is 23.0. The summed E-state index contributed by atoms with van der Waals surface area (Å²) in [6, 6.07) is 23.1. The van der Waals surface area contributed by atoms with Gasteiger partial charge in [-0.3, -0.25) is 0 Å². The molecule has 0 spiro atoms. The van der Waals surface area contributed by atoms with Gasteiger partial charge in [0.25, 0.3) is 0 Å². The number of carbonyl (C=O) groups is 5. The van der Waals surface area contributed by atoms with Crippen molar-refractivity contribution < 1.29 is 66.6 Å². The van der Waals surface area contributed by atoms with Crippen molar-refractivity contribution in [1.82, 2.24) is 0 Å². The van der Waals surface area contributed by atoms with Crippen molar-refractivity contribution in [3.8, 4) is 0 Å². The molecule has 7 atom stereocenters. The Morgan fingerprint density at radius 2 is 1.09 bits per heavy atom. The molecular weight excluding hydrogens is 951 g/mol. The number of nitrogens with zero attached hydrogens (tertiary/aromatic N) is 3. The van der Waals surface area contributed by atoms with Gasteiger partial charge in [0.2, 0.25) is 0 Å². The van der Waals surface area contributed by atoms with Gasteiger partial charge in [-0.25, -0.2) is 24.0 Å². The van der Waals surface area contributed by atoms with Crippen LogP contribution in [0.5, 0.6) is 0 Å². The topological polar surface area (TPSA) is 217 Å². The highest BCUT2D eigenvalue weighted by molar-refractivity contribution is 5.91. The van der Waals surface area contributed by atoms with Gasteiger partial charge in [-0.15, -0.1) is 0 Å². The molecule has 17 nitrogen and oxygen atoms in total. The van der Waals surface area contributed by atoms with Crippen molar-refractivity contribution in [2.24, 2.45) is 5.11 Å². The molecule has 4 rings (SSSR count). The maximum Gasteiger partial charge on any atom is 0.338 e. The quantitative estimate of drug-likeness (QED) is 0.0111. The van der Waals surface area contributed by atoms with Crippen molar-refractivity contribution in [3.63, 3.8) is 0 Å². The molecule has 3 aromatic carbocycles. The average Bonchev–Trinajstić information content (AvgIpc) is 3.36. The van der Waals surface area contributed by atoms with Gasteiger partial charge in [0.05, 0.1) is 29.9 Å². The smallest absolute Gasteiger partial charge is 0.338 e. The lowest BCUT2D eigenvalue weighted by molar-refractivity contribution is -0.308. The summed E-state index contributed by atoms with van der Waals surface area (Å²) in [5.41, 5.74) is 8.72. The van der Waals surface area contributed by atoms with Gasteiger partial charge >= 0.3 is 29.8 Å². The second-order valence-corrected chi connectivity index (χ2v) is 20.1. The summed E-state index contributed by atoms with van der Waals surface area (Å²) in [5.74, 6) is -3.89. The lowest BCUT2D eigenvalue weighted by atomic mass is 9.97. The fraction of sp³-hybridized carbons (Fsp3) is 0.561. The normalized spacial score (nSPS) is 18.6. The van der Waals surface area contributed by atoms with E-state index >= 15 is 0 Å².